The van der Waals surface area contributed by atoms with Crippen LogP contribution in [0.15, 0.2) is 24.3 Å². The van der Waals surface area contributed by atoms with Gasteiger partial charge >= 0.3 is 6.03 Å². The van der Waals surface area contributed by atoms with Gasteiger partial charge in [0.05, 0.1) is 7.11 Å². The van der Waals surface area contributed by atoms with Crippen LogP contribution in [0.1, 0.15) is 53.4 Å². The van der Waals surface area contributed by atoms with Gasteiger partial charge in [-0.05, 0) is 49.9 Å². The normalized spacial score (nSPS) is 17.9. The van der Waals surface area contributed by atoms with Crippen LogP contribution in [0.4, 0.5) is 10.5 Å². The van der Waals surface area contributed by atoms with Crippen LogP contribution in [-0.2, 0) is 4.79 Å². The number of nitrogens with zero attached hydrogens (tertiary/aromatic N) is 2. The lowest BCUT2D eigenvalue weighted by atomic mass is 9.93. The van der Waals surface area contributed by atoms with Crippen molar-refractivity contribution in [1.29, 1.82) is 0 Å². The zero-order valence-corrected chi connectivity index (χ0v) is 18.6. The van der Waals surface area contributed by atoms with Crippen molar-refractivity contribution in [2.24, 2.45) is 11.8 Å². The minimum absolute atomic E-state index is 0.0793. The number of benzene rings is 1. The van der Waals surface area contributed by atoms with E-state index in [-0.39, 0.29) is 23.9 Å². The molecule has 0 radical (unpaired) electrons. The van der Waals surface area contributed by atoms with E-state index in [0.717, 1.165) is 43.7 Å². The molecule has 29 heavy (non-hydrogen) atoms. The minimum Gasteiger partial charge on any atom is -0.497 e. The van der Waals surface area contributed by atoms with Gasteiger partial charge in [-0.1, -0.05) is 33.6 Å². The first-order valence-corrected chi connectivity index (χ1v) is 10.9. The standard InChI is InChI=1S/C23H37N3O3/c1-6-7-19(9-8-17(2)3)22(27)24-23(28)25-14-15-26(18(4)16-25)20-10-12-21(29-5)13-11-20/h10-13,17-19H,6-9,14-16H2,1-5H3,(H,24,27,28)/t18-,19+/m1/s1. The quantitative estimate of drug-likeness (QED) is 0.703. The number of ether oxygens (including phenoxy) is 1. The predicted molar refractivity (Wildman–Crippen MR) is 117 cm³/mol. The molecule has 1 aliphatic heterocycles. The fourth-order valence-corrected chi connectivity index (χ4v) is 3.88. The van der Waals surface area contributed by atoms with Crippen LogP contribution in [0.25, 0.3) is 0 Å². The summed E-state index contributed by atoms with van der Waals surface area (Å²) in [7, 11) is 1.66. The molecule has 6 heteroatoms. The van der Waals surface area contributed by atoms with E-state index in [4.69, 9.17) is 4.74 Å². The molecule has 0 spiro atoms. The molecule has 6 nitrogen and oxygen atoms in total. The van der Waals surface area contributed by atoms with E-state index in [1.807, 2.05) is 24.3 Å². The SMILES string of the molecule is CCC[C@@H](CCC(C)C)C(=O)NC(=O)N1CCN(c2ccc(OC)cc2)[C@H](C)C1. The second-order valence-corrected chi connectivity index (χ2v) is 8.44. The Labute approximate surface area is 175 Å². The first kappa shape index (κ1) is 23.0. The summed E-state index contributed by atoms with van der Waals surface area (Å²) in [5, 5.41) is 2.66. The van der Waals surface area contributed by atoms with E-state index in [1.54, 1.807) is 12.0 Å². The number of imide groups is 1. The number of carbonyl (C=O) groups excluding carboxylic acids is 2. The number of nitrogens with one attached hydrogen (secondary N) is 1. The summed E-state index contributed by atoms with van der Waals surface area (Å²) in [5.74, 6) is 1.19. The van der Waals surface area contributed by atoms with Gasteiger partial charge in [0.25, 0.3) is 0 Å². The van der Waals surface area contributed by atoms with Crippen molar-refractivity contribution in [3.63, 3.8) is 0 Å². The molecule has 0 aliphatic carbocycles. The second-order valence-electron chi connectivity index (χ2n) is 8.44. The van der Waals surface area contributed by atoms with E-state index in [1.165, 1.54) is 0 Å². The van der Waals surface area contributed by atoms with Crippen LogP contribution in [0, 0.1) is 11.8 Å². The van der Waals surface area contributed by atoms with Gasteiger partial charge in [0, 0.05) is 37.3 Å². The fourth-order valence-electron chi connectivity index (χ4n) is 3.88. The Morgan fingerprint density at radius 1 is 1.14 bits per heavy atom. The number of hydrogen-bond acceptors (Lipinski definition) is 4. The fraction of sp³-hybridized carbons (Fsp3) is 0.652. The maximum Gasteiger partial charge on any atom is 0.324 e. The second kappa shape index (κ2) is 11.1. The van der Waals surface area contributed by atoms with E-state index in [2.05, 4.69) is 37.9 Å². The molecule has 2 rings (SSSR count). The smallest absolute Gasteiger partial charge is 0.324 e. The molecule has 1 heterocycles. The summed E-state index contributed by atoms with van der Waals surface area (Å²) >= 11 is 0. The van der Waals surface area contributed by atoms with E-state index < -0.39 is 0 Å². The van der Waals surface area contributed by atoms with Crippen molar-refractivity contribution in [1.82, 2.24) is 10.2 Å². The Morgan fingerprint density at radius 3 is 2.38 bits per heavy atom. The monoisotopic (exact) mass is 403 g/mol. The summed E-state index contributed by atoms with van der Waals surface area (Å²) in [5.41, 5.74) is 1.12. The predicted octanol–water partition coefficient (Wildman–Crippen LogP) is 4.29. The van der Waals surface area contributed by atoms with Gasteiger partial charge in [0.2, 0.25) is 5.91 Å². The highest BCUT2D eigenvalue weighted by atomic mass is 16.5. The highest BCUT2D eigenvalue weighted by Crippen LogP contribution is 2.24. The first-order valence-electron chi connectivity index (χ1n) is 10.9. The molecule has 3 amide bonds. The van der Waals surface area contributed by atoms with Crippen LogP contribution >= 0.6 is 0 Å². The molecule has 0 bridgehead atoms. The van der Waals surface area contributed by atoms with Crippen LogP contribution in [-0.4, -0.2) is 49.6 Å². The van der Waals surface area contributed by atoms with E-state index >= 15 is 0 Å². The van der Waals surface area contributed by atoms with Gasteiger partial charge in [0.1, 0.15) is 5.75 Å². The van der Waals surface area contributed by atoms with Gasteiger partial charge in [-0.15, -0.1) is 0 Å². The maximum atomic E-state index is 12.7. The van der Waals surface area contributed by atoms with E-state index in [9.17, 15) is 9.59 Å². The Bertz CT molecular complexity index is 660. The third kappa shape index (κ3) is 6.65. The van der Waals surface area contributed by atoms with Crippen molar-refractivity contribution >= 4 is 17.6 Å². The van der Waals surface area contributed by atoms with Crippen molar-refractivity contribution in [3.8, 4) is 5.75 Å². The lowest BCUT2D eigenvalue weighted by Gasteiger charge is -2.41. The molecule has 162 valence electrons. The number of hydrogen-bond donors (Lipinski definition) is 1. The summed E-state index contributed by atoms with van der Waals surface area (Å²) < 4.78 is 5.22. The number of methoxy groups -OCH3 is 1. The summed E-state index contributed by atoms with van der Waals surface area (Å²) in [6.07, 6.45) is 3.62. The van der Waals surface area contributed by atoms with Gasteiger partial charge in [-0.3, -0.25) is 10.1 Å². The number of urea groups is 1. The zero-order valence-electron chi connectivity index (χ0n) is 18.6. The number of amides is 3. The Balaban J connectivity index is 1.90. The van der Waals surface area contributed by atoms with Gasteiger partial charge in [-0.2, -0.15) is 0 Å². The molecule has 1 fully saturated rings. The average molecular weight is 404 g/mol. The molecule has 1 saturated heterocycles. The van der Waals surface area contributed by atoms with Crippen molar-refractivity contribution in [2.45, 2.75) is 59.4 Å². The number of carbonyl (C=O) groups is 2. The number of rotatable bonds is 8. The first-order chi connectivity index (χ1) is 13.8. The van der Waals surface area contributed by atoms with Gasteiger partial charge < -0.3 is 14.5 Å². The van der Waals surface area contributed by atoms with Crippen LogP contribution in [0.5, 0.6) is 5.75 Å². The van der Waals surface area contributed by atoms with Crippen LogP contribution in [0.2, 0.25) is 0 Å². The molecule has 1 aliphatic rings. The molecular formula is C23H37N3O3. The van der Waals surface area contributed by atoms with Crippen molar-refractivity contribution in [2.75, 3.05) is 31.6 Å². The molecule has 0 saturated carbocycles. The third-order valence-corrected chi connectivity index (χ3v) is 5.65. The average Bonchev–Trinajstić information content (AvgIpc) is 2.70. The molecule has 0 unspecified atom stereocenters. The molecule has 1 N–H and O–H groups in total. The van der Waals surface area contributed by atoms with Crippen molar-refractivity contribution < 1.29 is 14.3 Å². The van der Waals surface area contributed by atoms with Crippen molar-refractivity contribution in [3.05, 3.63) is 24.3 Å². The highest BCUT2D eigenvalue weighted by molar-refractivity contribution is 5.95. The molecule has 2 atom stereocenters. The minimum atomic E-state index is -0.262. The van der Waals surface area contributed by atoms with Crippen LogP contribution in [0.3, 0.4) is 0 Å². The lowest BCUT2D eigenvalue weighted by Crippen LogP contribution is -2.57. The summed E-state index contributed by atoms with van der Waals surface area (Å²) in [6, 6.07) is 7.89. The number of anilines is 1. The molecular weight excluding hydrogens is 366 g/mol. The Kier molecular flexibility index (Phi) is 8.80. The van der Waals surface area contributed by atoms with E-state index in [0.29, 0.717) is 19.0 Å². The van der Waals surface area contributed by atoms with Crippen LogP contribution < -0.4 is 15.0 Å². The Hall–Kier alpha value is -2.24. The molecule has 1 aromatic rings. The Morgan fingerprint density at radius 2 is 1.83 bits per heavy atom. The largest absolute Gasteiger partial charge is 0.497 e. The topological polar surface area (TPSA) is 61.9 Å². The molecule has 1 aromatic carbocycles. The number of piperazine rings is 1. The zero-order chi connectivity index (χ0) is 21.4. The van der Waals surface area contributed by atoms with Gasteiger partial charge in [0.15, 0.2) is 0 Å². The lowest BCUT2D eigenvalue weighted by molar-refractivity contribution is -0.124. The summed E-state index contributed by atoms with van der Waals surface area (Å²) in [4.78, 5) is 29.4. The summed E-state index contributed by atoms with van der Waals surface area (Å²) in [6.45, 7) is 10.4. The highest BCUT2D eigenvalue weighted by Gasteiger charge is 2.29. The molecule has 0 aromatic heterocycles. The maximum absolute atomic E-state index is 12.7. The third-order valence-electron chi connectivity index (χ3n) is 5.65. The van der Waals surface area contributed by atoms with Gasteiger partial charge in [-0.25, -0.2) is 4.79 Å².